The quantitative estimate of drug-likeness (QED) is 0.838. The van der Waals surface area contributed by atoms with Crippen LogP contribution in [0.15, 0.2) is 22.0 Å². The Morgan fingerprint density at radius 1 is 1.56 bits per heavy atom. The van der Waals surface area contributed by atoms with Crippen molar-refractivity contribution in [2.75, 3.05) is 19.8 Å². The predicted octanol–water partition coefficient (Wildman–Crippen LogP) is 0.343. The molecule has 6 nitrogen and oxygen atoms in total. The molecule has 2 heterocycles. The number of aromatic nitrogens is 1. The number of sulfonamides is 1. The van der Waals surface area contributed by atoms with Crippen LogP contribution in [0.4, 0.5) is 0 Å². The summed E-state index contributed by atoms with van der Waals surface area (Å²) in [5, 5.41) is -0.151. The minimum absolute atomic E-state index is 0.0500. The highest BCUT2D eigenvalue weighted by Crippen LogP contribution is 2.14. The van der Waals surface area contributed by atoms with Gasteiger partial charge in [0.2, 0.25) is 10.0 Å². The molecule has 0 aliphatic carbocycles. The van der Waals surface area contributed by atoms with Gasteiger partial charge >= 0.3 is 0 Å². The third-order valence-corrected chi connectivity index (χ3v) is 4.41. The topological polar surface area (TPSA) is 88.3 Å². The lowest BCUT2D eigenvalue weighted by Gasteiger charge is -2.10. The maximum absolute atomic E-state index is 11.9. The van der Waals surface area contributed by atoms with Crippen molar-refractivity contribution >= 4 is 21.6 Å². The van der Waals surface area contributed by atoms with E-state index in [1.165, 1.54) is 0 Å². The van der Waals surface area contributed by atoms with Crippen molar-refractivity contribution in [3.05, 3.63) is 27.6 Å². The van der Waals surface area contributed by atoms with E-state index in [4.69, 9.17) is 16.3 Å². The van der Waals surface area contributed by atoms with Gasteiger partial charge in [-0.2, -0.15) is 0 Å². The first-order valence-electron chi connectivity index (χ1n) is 5.45. The Balaban J connectivity index is 2.09. The molecule has 8 heteroatoms. The zero-order chi connectivity index (χ0) is 13.2. The highest BCUT2D eigenvalue weighted by atomic mass is 35.5. The van der Waals surface area contributed by atoms with Gasteiger partial charge in [0.05, 0.1) is 11.5 Å². The number of hydrogen-bond acceptors (Lipinski definition) is 4. The molecule has 1 saturated heterocycles. The summed E-state index contributed by atoms with van der Waals surface area (Å²) in [6.45, 7) is 1.55. The molecule has 0 saturated carbocycles. The largest absolute Gasteiger partial charge is 0.381 e. The Bertz CT molecular complexity index is 578. The average Bonchev–Trinajstić information content (AvgIpc) is 2.83. The van der Waals surface area contributed by atoms with E-state index in [1.54, 1.807) is 0 Å². The maximum Gasteiger partial charge on any atom is 0.266 e. The highest BCUT2D eigenvalue weighted by Gasteiger charge is 2.20. The summed E-state index contributed by atoms with van der Waals surface area (Å²) in [4.78, 5) is 13.3. The minimum Gasteiger partial charge on any atom is -0.381 e. The Morgan fingerprint density at radius 2 is 2.33 bits per heavy atom. The van der Waals surface area contributed by atoms with E-state index in [9.17, 15) is 13.2 Å². The fourth-order valence-electron chi connectivity index (χ4n) is 1.65. The van der Waals surface area contributed by atoms with Crippen molar-refractivity contribution in [2.24, 2.45) is 5.92 Å². The first-order valence-corrected chi connectivity index (χ1v) is 7.31. The van der Waals surface area contributed by atoms with Gasteiger partial charge in [0, 0.05) is 19.3 Å². The Hall–Kier alpha value is -0.890. The molecular formula is C10H13ClN2O4S. The van der Waals surface area contributed by atoms with Crippen molar-refractivity contribution in [1.82, 2.24) is 9.71 Å². The molecule has 0 bridgehead atoms. The minimum atomic E-state index is -3.65. The molecule has 1 aromatic heterocycles. The van der Waals surface area contributed by atoms with Crippen molar-refractivity contribution in [3.8, 4) is 0 Å². The van der Waals surface area contributed by atoms with E-state index >= 15 is 0 Å². The molecule has 1 atom stereocenters. The summed E-state index contributed by atoms with van der Waals surface area (Å²) in [6.07, 6.45) is 1.97. The van der Waals surface area contributed by atoms with Crippen molar-refractivity contribution in [1.29, 1.82) is 0 Å². The van der Waals surface area contributed by atoms with Gasteiger partial charge in [-0.1, -0.05) is 11.6 Å². The number of rotatable bonds is 4. The number of nitrogens with one attached hydrogen (secondary N) is 2. The molecule has 1 fully saturated rings. The van der Waals surface area contributed by atoms with Crippen LogP contribution in [0.2, 0.25) is 5.02 Å². The van der Waals surface area contributed by atoms with Crippen LogP contribution < -0.4 is 10.3 Å². The summed E-state index contributed by atoms with van der Waals surface area (Å²) in [6, 6.07) is 1.13. The zero-order valence-corrected chi connectivity index (χ0v) is 11.1. The van der Waals surface area contributed by atoms with Gasteiger partial charge in [0.25, 0.3) is 5.56 Å². The van der Waals surface area contributed by atoms with Crippen LogP contribution in [-0.2, 0) is 14.8 Å². The number of ether oxygens (including phenoxy) is 1. The fourth-order valence-corrected chi connectivity index (χ4v) is 2.99. The number of aromatic amines is 1. The van der Waals surface area contributed by atoms with Crippen LogP contribution in [-0.4, -0.2) is 33.2 Å². The lowest BCUT2D eigenvalue weighted by molar-refractivity contribution is 0.186. The van der Waals surface area contributed by atoms with Crippen molar-refractivity contribution in [3.63, 3.8) is 0 Å². The molecule has 1 unspecified atom stereocenters. The second-order valence-corrected chi connectivity index (χ2v) is 6.27. The second kappa shape index (κ2) is 5.40. The van der Waals surface area contributed by atoms with Gasteiger partial charge in [-0.05, 0) is 18.4 Å². The number of hydrogen-bond donors (Lipinski definition) is 2. The summed E-state index contributed by atoms with van der Waals surface area (Å²) < 4.78 is 31.5. The average molecular weight is 293 g/mol. The lowest BCUT2D eigenvalue weighted by Crippen LogP contribution is -2.30. The fraction of sp³-hybridized carbons (Fsp3) is 0.500. The molecule has 1 aliphatic rings. The normalized spacial score (nSPS) is 20.2. The van der Waals surface area contributed by atoms with Gasteiger partial charge in [-0.25, -0.2) is 13.1 Å². The van der Waals surface area contributed by atoms with Crippen LogP contribution in [0.5, 0.6) is 0 Å². The van der Waals surface area contributed by atoms with E-state index in [2.05, 4.69) is 9.71 Å². The van der Waals surface area contributed by atoms with E-state index in [1.807, 2.05) is 0 Å². The highest BCUT2D eigenvalue weighted by molar-refractivity contribution is 7.89. The molecule has 1 aromatic rings. The van der Waals surface area contributed by atoms with Gasteiger partial charge in [0.15, 0.2) is 0 Å². The summed E-state index contributed by atoms with van der Waals surface area (Å²) >= 11 is 5.59. The second-order valence-electron chi connectivity index (χ2n) is 4.09. The molecular weight excluding hydrogens is 280 g/mol. The first kappa shape index (κ1) is 13.5. The zero-order valence-electron chi connectivity index (χ0n) is 9.48. The van der Waals surface area contributed by atoms with Crippen LogP contribution in [0.25, 0.3) is 0 Å². The Labute approximate surface area is 109 Å². The van der Waals surface area contributed by atoms with E-state index in [0.717, 1.165) is 18.7 Å². The van der Waals surface area contributed by atoms with Crippen LogP contribution in [0, 0.1) is 5.92 Å². The Morgan fingerprint density at radius 3 is 2.94 bits per heavy atom. The molecule has 0 radical (unpaired) electrons. The Kier molecular flexibility index (Phi) is 4.06. The van der Waals surface area contributed by atoms with Crippen molar-refractivity contribution in [2.45, 2.75) is 11.3 Å². The number of pyridine rings is 1. The molecule has 2 rings (SSSR count). The van der Waals surface area contributed by atoms with Gasteiger partial charge in [-0.3, -0.25) is 4.79 Å². The molecule has 18 heavy (non-hydrogen) atoms. The SMILES string of the molecule is O=c1[nH]cc(S(=O)(=O)NCC2CCOC2)cc1Cl. The van der Waals surface area contributed by atoms with Gasteiger partial charge < -0.3 is 9.72 Å². The summed E-state index contributed by atoms with van der Waals surface area (Å²) in [7, 11) is -3.65. The smallest absolute Gasteiger partial charge is 0.266 e. The molecule has 1 aliphatic heterocycles. The van der Waals surface area contributed by atoms with Crippen LogP contribution in [0.1, 0.15) is 6.42 Å². The lowest BCUT2D eigenvalue weighted by atomic mass is 10.1. The molecule has 0 spiro atoms. The molecule has 100 valence electrons. The molecule has 0 aromatic carbocycles. The summed E-state index contributed by atoms with van der Waals surface area (Å²) in [5.41, 5.74) is -0.514. The number of halogens is 1. The standard InChI is InChI=1S/C10H13ClN2O4S/c11-9-3-8(5-12-10(9)14)18(15,16)13-4-7-1-2-17-6-7/h3,5,7,13H,1-2,4,6H2,(H,12,14). The van der Waals surface area contributed by atoms with Crippen LogP contribution in [0.3, 0.4) is 0 Å². The molecule has 2 N–H and O–H groups in total. The van der Waals surface area contributed by atoms with E-state index < -0.39 is 15.6 Å². The van der Waals surface area contributed by atoms with Gasteiger partial charge in [-0.15, -0.1) is 0 Å². The third kappa shape index (κ3) is 3.11. The van der Waals surface area contributed by atoms with E-state index in [0.29, 0.717) is 19.8 Å². The van der Waals surface area contributed by atoms with Crippen molar-refractivity contribution < 1.29 is 13.2 Å². The summed E-state index contributed by atoms with van der Waals surface area (Å²) in [5.74, 6) is 0.193. The van der Waals surface area contributed by atoms with Gasteiger partial charge in [0.1, 0.15) is 5.02 Å². The number of H-pyrrole nitrogens is 1. The van der Waals surface area contributed by atoms with E-state index in [-0.39, 0.29) is 15.8 Å². The molecule has 0 amide bonds. The first-order chi connectivity index (χ1) is 8.49. The third-order valence-electron chi connectivity index (χ3n) is 2.73. The van der Waals surface area contributed by atoms with Crippen LogP contribution >= 0.6 is 11.6 Å². The maximum atomic E-state index is 11.9. The monoisotopic (exact) mass is 292 g/mol. The predicted molar refractivity (Wildman–Crippen MR) is 66.2 cm³/mol.